The molecule has 0 aliphatic heterocycles. The molecule has 0 amide bonds. The standard InChI is InChI=1S/C21H20ClN3O/c1-12-9-15(21(2,3)4)20(26)18(10-12)25-23-17-11-16(22)13-7-5-6-8-14(13)19(17)24-25/h5-11,26H,1-4H3. The zero-order valence-corrected chi connectivity index (χ0v) is 16.0. The molecule has 5 heteroatoms. The minimum Gasteiger partial charge on any atom is -0.505 e. The van der Waals surface area contributed by atoms with Crippen molar-refractivity contribution in [1.82, 2.24) is 15.0 Å². The highest BCUT2D eigenvalue weighted by atomic mass is 35.5. The molecule has 3 aromatic carbocycles. The molecule has 0 unspecified atom stereocenters. The average Bonchev–Trinajstić information content (AvgIpc) is 3.00. The molecule has 4 nitrogen and oxygen atoms in total. The summed E-state index contributed by atoms with van der Waals surface area (Å²) in [4.78, 5) is 1.50. The van der Waals surface area contributed by atoms with Crippen LogP contribution in [-0.4, -0.2) is 20.1 Å². The average molecular weight is 366 g/mol. The van der Waals surface area contributed by atoms with Crippen molar-refractivity contribution < 1.29 is 5.11 Å². The number of phenolic OH excluding ortho intramolecular Hbond substituents is 1. The Morgan fingerprint density at radius 1 is 1.00 bits per heavy atom. The maximum absolute atomic E-state index is 10.9. The van der Waals surface area contributed by atoms with E-state index in [-0.39, 0.29) is 11.2 Å². The Bertz CT molecular complexity index is 1160. The van der Waals surface area contributed by atoms with Gasteiger partial charge in [-0.2, -0.15) is 0 Å². The molecule has 0 atom stereocenters. The van der Waals surface area contributed by atoms with E-state index in [1.165, 1.54) is 4.80 Å². The number of halogens is 1. The molecule has 0 aliphatic rings. The fraction of sp³-hybridized carbons (Fsp3) is 0.238. The zero-order chi connectivity index (χ0) is 18.6. The van der Waals surface area contributed by atoms with E-state index < -0.39 is 0 Å². The van der Waals surface area contributed by atoms with Gasteiger partial charge in [-0.15, -0.1) is 15.0 Å². The largest absolute Gasteiger partial charge is 0.505 e. The summed E-state index contributed by atoms with van der Waals surface area (Å²) in [5.41, 5.74) is 3.78. The molecule has 1 heterocycles. The molecule has 0 saturated heterocycles. The first-order chi connectivity index (χ1) is 12.3. The van der Waals surface area contributed by atoms with Gasteiger partial charge in [0.15, 0.2) is 0 Å². The fourth-order valence-corrected chi connectivity index (χ4v) is 3.56. The minimum absolute atomic E-state index is 0.187. The van der Waals surface area contributed by atoms with Crippen molar-refractivity contribution in [3.8, 4) is 11.4 Å². The molecule has 0 saturated carbocycles. The van der Waals surface area contributed by atoms with Crippen molar-refractivity contribution >= 4 is 33.4 Å². The predicted molar refractivity (Wildman–Crippen MR) is 106 cm³/mol. The van der Waals surface area contributed by atoms with Crippen LogP contribution in [0.2, 0.25) is 5.02 Å². The van der Waals surface area contributed by atoms with Gasteiger partial charge in [0, 0.05) is 16.3 Å². The quantitative estimate of drug-likeness (QED) is 0.482. The Morgan fingerprint density at radius 2 is 1.69 bits per heavy atom. The second kappa shape index (κ2) is 5.71. The van der Waals surface area contributed by atoms with Crippen LogP contribution >= 0.6 is 11.6 Å². The number of phenols is 1. The molecule has 0 radical (unpaired) electrons. The molecular formula is C21H20ClN3O. The van der Waals surface area contributed by atoms with Gasteiger partial charge in [0.05, 0.1) is 5.02 Å². The lowest BCUT2D eigenvalue weighted by Gasteiger charge is -2.22. The molecule has 0 fully saturated rings. The SMILES string of the molecule is Cc1cc(-n2nc3cc(Cl)c4ccccc4c3n2)c(O)c(C(C)(C)C)c1. The van der Waals surface area contributed by atoms with E-state index in [0.717, 1.165) is 27.4 Å². The van der Waals surface area contributed by atoms with E-state index in [0.29, 0.717) is 16.2 Å². The number of benzene rings is 3. The summed E-state index contributed by atoms with van der Waals surface area (Å²) in [6.45, 7) is 8.23. The highest BCUT2D eigenvalue weighted by Crippen LogP contribution is 2.37. The topological polar surface area (TPSA) is 50.9 Å². The third-order valence-electron chi connectivity index (χ3n) is 4.60. The van der Waals surface area contributed by atoms with E-state index in [1.807, 2.05) is 49.4 Å². The summed E-state index contributed by atoms with van der Waals surface area (Å²) < 4.78 is 0. The summed E-state index contributed by atoms with van der Waals surface area (Å²) in [6.07, 6.45) is 0. The highest BCUT2D eigenvalue weighted by molar-refractivity contribution is 6.37. The lowest BCUT2D eigenvalue weighted by Crippen LogP contribution is -2.13. The van der Waals surface area contributed by atoms with Crippen LogP contribution in [0.15, 0.2) is 42.5 Å². The van der Waals surface area contributed by atoms with Gasteiger partial charge in [0.2, 0.25) is 0 Å². The van der Waals surface area contributed by atoms with Gasteiger partial charge < -0.3 is 5.11 Å². The Kier molecular flexibility index (Phi) is 3.70. The summed E-state index contributed by atoms with van der Waals surface area (Å²) in [5.74, 6) is 0.207. The Labute approximate surface area is 157 Å². The second-order valence-electron chi connectivity index (χ2n) is 7.69. The lowest BCUT2D eigenvalue weighted by molar-refractivity contribution is 0.440. The van der Waals surface area contributed by atoms with E-state index in [4.69, 9.17) is 11.6 Å². The molecule has 0 spiro atoms. The first-order valence-corrected chi connectivity index (χ1v) is 8.92. The van der Waals surface area contributed by atoms with E-state index in [9.17, 15) is 5.11 Å². The monoisotopic (exact) mass is 365 g/mol. The van der Waals surface area contributed by atoms with Crippen LogP contribution < -0.4 is 0 Å². The van der Waals surface area contributed by atoms with Crippen molar-refractivity contribution in [2.24, 2.45) is 0 Å². The van der Waals surface area contributed by atoms with Gasteiger partial charge in [-0.3, -0.25) is 0 Å². The van der Waals surface area contributed by atoms with Crippen LogP contribution in [0.4, 0.5) is 0 Å². The number of fused-ring (bicyclic) bond motifs is 3. The summed E-state index contributed by atoms with van der Waals surface area (Å²) in [5, 5.41) is 22.6. The Balaban J connectivity index is 2.02. The minimum atomic E-state index is -0.187. The number of aromatic nitrogens is 3. The van der Waals surface area contributed by atoms with Crippen molar-refractivity contribution in [3.05, 3.63) is 58.6 Å². The normalized spacial score (nSPS) is 12.2. The summed E-state index contributed by atoms with van der Waals surface area (Å²) in [7, 11) is 0. The van der Waals surface area contributed by atoms with E-state index >= 15 is 0 Å². The van der Waals surface area contributed by atoms with Crippen molar-refractivity contribution in [2.75, 3.05) is 0 Å². The van der Waals surface area contributed by atoms with Crippen LogP contribution in [0, 0.1) is 6.92 Å². The molecule has 132 valence electrons. The smallest absolute Gasteiger partial charge is 0.146 e. The molecule has 1 aromatic heterocycles. The molecule has 4 aromatic rings. The van der Waals surface area contributed by atoms with Crippen molar-refractivity contribution in [3.63, 3.8) is 0 Å². The van der Waals surface area contributed by atoms with Gasteiger partial charge in [-0.05, 0) is 30.0 Å². The first-order valence-electron chi connectivity index (χ1n) is 8.54. The van der Waals surface area contributed by atoms with Crippen molar-refractivity contribution in [1.29, 1.82) is 0 Å². The van der Waals surface area contributed by atoms with Gasteiger partial charge >= 0.3 is 0 Å². The van der Waals surface area contributed by atoms with Crippen LogP contribution in [0.25, 0.3) is 27.5 Å². The van der Waals surface area contributed by atoms with E-state index in [2.05, 4.69) is 31.0 Å². The predicted octanol–water partition coefficient (Wildman–Crippen LogP) is 5.54. The number of aromatic hydroxyl groups is 1. The van der Waals surface area contributed by atoms with Crippen LogP contribution in [0.5, 0.6) is 5.75 Å². The lowest BCUT2D eigenvalue weighted by atomic mass is 9.85. The fourth-order valence-electron chi connectivity index (χ4n) is 3.29. The second-order valence-corrected chi connectivity index (χ2v) is 8.10. The zero-order valence-electron chi connectivity index (χ0n) is 15.2. The summed E-state index contributed by atoms with van der Waals surface area (Å²) >= 11 is 6.41. The third-order valence-corrected chi connectivity index (χ3v) is 4.91. The van der Waals surface area contributed by atoms with Gasteiger partial charge in [0.25, 0.3) is 0 Å². The number of hydrogen-bond donors (Lipinski definition) is 1. The molecule has 1 N–H and O–H groups in total. The van der Waals surface area contributed by atoms with Gasteiger partial charge in [-0.25, -0.2) is 0 Å². The van der Waals surface area contributed by atoms with Crippen LogP contribution in [0.1, 0.15) is 31.9 Å². The Morgan fingerprint density at radius 3 is 2.38 bits per heavy atom. The third kappa shape index (κ3) is 2.61. The van der Waals surface area contributed by atoms with Crippen LogP contribution in [-0.2, 0) is 5.41 Å². The molecular weight excluding hydrogens is 346 g/mol. The molecule has 0 bridgehead atoms. The number of nitrogens with zero attached hydrogens (tertiary/aromatic N) is 3. The van der Waals surface area contributed by atoms with Gasteiger partial charge in [-0.1, -0.05) is 62.7 Å². The summed E-state index contributed by atoms with van der Waals surface area (Å²) in [6, 6.07) is 13.6. The number of hydrogen-bond acceptors (Lipinski definition) is 3. The molecule has 0 aliphatic carbocycles. The number of rotatable bonds is 1. The Hall–Kier alpha value is -2.59. The van der Waals surface area contributed by atoms with Crippen molar-refractivity contribution in [2.45, 2.75) is 33.1 Å². The molecule has 4 rings (SSSR count). The highest BCUT2D eigenvalue weighted by Gasteiger charge is 2.23. The van der Waals surface area contributed by atoms with E-state index in [1.54, 1.807) is 0 Å². The molecule has 26 heavy (non-hydrogen) atoms. The maximum Gasteiger partial charge on any atom is 0.146 e. The first kappa shape index (κ1) is 16.9. The van der Waals surface area contributed by atoms with Crippen LogP contribution in [0.3, 0.4) is 0 Å². The van der Waals surface area contributed by atoms with Gasteiger partial charge in [0.1, 0.15) is 22.5 Å². The number of aryl methyl sites for hydroxylation is 1. The maximum atomic E-state index is 10.9.